The first-order chi connectivity index (χ1) is 11.5. The number of hydrogen-bond donors (Lipinski definition) is 1. The van der Waals surface area contributed by atoms with Crippen molar-refractivity contribution < 1.29 is 4.79 Å². The molecule has 0 spiro atoms. The Labute approximate surface area is 152 Å². The highest BCUT2D eigenvalue weighted by Crippen LogP contribution is 2.33. The van der Waals surface area contributed by atoms with Gasteiger partial charge in [0.1, 0.15) is 0 Å². The molecule has 0 aliphatic carbocycles. The van der Waals surface area contributed by atoms with Crippen LogP contribution in [0.25, 0.3) is 6.08 Å². The zero-order valence-corrected chi connectivity index (χ0v) is 16.2. The van der Waals surface area contributed by atoms with Crippen LogP contribution in [0, 0.1) is 6.92 Å². The molecule has 126 valence electrons. The molecular formula is C20H23NOS2. The van der Waals surface area contributed by atoms with Crippen molar-refractivity contribution >= 4 is 40.8 Å². The average molecular weight is 358 g/mol. The van der Waals surface area contributed by atoms with Crippen molar-refractivity contribution in [1.29, 1.82) is 0 Å². The van der Waals surface area contributed by atoms with E-state index in [4.69, 9.17) is 0 Å². The fraction of sp³-hybridized carbons (Fsp3) is 0.250. The lowest BCUT2D eigenvalue weighted by Crippen LogP contribution is -1.92. The quantitative estimate of drug-likeness (QED) is 0.338. The van der Waals surface area contributed by atoms with Gasteiger partial charge in [0.15, 0.2) is 5.78 Å². The first-order valence-corrected chi connectivity index (χ1v) is 9.67. The van der Waals surface area contributed by atoms with E-state index < -0.39 is 0 Å². The average Bonchev–Trinajstić information content (AvgIpc) is 2.91. The van der Waals surface area contributed by atoms with Gasteiger partial charge in [-0.1, -0.05) is 30.7 Å². The van der Waals surface area contributed by atoms with Crippen molar-refractivity contribution in [3.63, 3.8) is 0 Å². The fourth-order valence-electron chi connectivity index (χ4n) is 2.13. The summed E-state index contributed by atoms with van der Waals surface area (Å²) >= 11 is 3.36. The number of hydrogen-bond acceptors (Lipinski definition) is 4. The molecular weight excluding hydrogens is 334 g/mol. The number of anilines is 1. The van der Waals surface area contributed by atoms with E-state index in [1.54, 1.807) is 30.2 Å². The molecule has 24 heavy (non-hydrogen) atoms. The van der Waals surface area contributed by atoms with Gasteiger partial charge in [-0.3, -0.25) is 4.79 Å². The molecule has 2 rings (SSSR count). The molecule has 0 fully saturated rings. The van der Waals surface area contributed by atoms with E-state index in [9.17, 15) is 4.79 Å². The van der Waals surface area contributed by atoms with Crippen molar-refractivity contribution in [3.8, 4) is 0 Å². The van der Waals surface area contributed by atoms with Gasteiger partial charge < -0.3 is 4.72 Å². The van der Waals surface area contributed by atoms with E-state index in [2.05, 4.69) is 49.1 Å². The fourth-order valence-corrected chi connectivity index (χ4v) is 3.98. The lowest BCUT2D eigenvalue weighted by Gasteiger charge is -2.05. The standard InChI is InChI=1S/C20H23NOS2/c1-5-6-7-14(2)12-18-13-23-20(15(18)3)24-21-19-10-8-17(9-11-19)16(4)22/h6-13,21H,5H2,1-4H3/b7-6-,14-12-. The second-order valence-corrected chi connectivity index (χ2v) is 7.59. The van der Waals surface area contributed by atoms with Crippen LogP contribution in [0.2, 0.25) is 0 Å². The highest BCUT2D eigenvalue weighted by Gasteiger charge is 2.07. The number of nitrogens with one attached hydrogen (secondary N) is 1. The summed E-state index contributed by atoms with van der Waals surface area (Å²) in [7, 11) is 0. The number of carbonyl (C=O) groups excluding carboxylic acids is 1. The van der Waals surface area contributed by atoms with Crippen LogP contribution in [-0.2, 0) is 0 Å². The van der Waals surface area contributed by atoms with Gasteiger partial charge in [-0.2, -0.15) is 0 Å². The maximum Gasteiger partial charge on any atom is 0.159 e. The topological polar surface area (TPSA) is 29.1 Å². The van der Waals surface area contributed by atoms with Gasteiger partial charge in [-0.15, -0.1) is 11.3 Å². The number of thiophene rings is 1. The Balaban J connectivity index is 2.03. The lowest BCUT2D eigenvalue weighted by molar-refractivity contribution is 0.101. The van der Waals surface area contributed by atoms with Crippen molar-refractivity contribution in [2.45, 2.75) is 38.3 Å². The summed E-state index contributed by atoms with van der Waals surface area (Å²) in [6, 6.07) is 7.58. The molecule has 0 atom stereocenters. The number of rotatable bonds is 7. The molecule has 1 heterocycles. The number of benzene rings is 1. The van der Waals surface area contributed by atoms with Gasteiger partial charge in [0.2, 0.25) is 0 Å². The van der Waals surface area contributed by atoms with Crippen molar-refractivity contribution in [3.05, 3.63) is 64.1 Å². The molecule has 0 aliphatic heterocycles. The summed E-state index contributed by atoms with van der Waals surface area (Å²) in [5.74, 6) is 0.0900. The minimum atomic E-state index is 0.0900. The maximum absolute atomic E-state index is 11.3. The smallest absolute Gasteiger partial charge is 0.159 e. The summed E-state index contributed by atoms with van der Waals surface area (Å²) in [6.45, 7) is 8.01. The molecule has 1 N–H and O–H groups in total. The molecule has 0 unspecified atom stereocenters. The van der Waals surface area contributed by atoms with Crippen LogP contribution in [0.3, 0.4) is 0 Å². The van der Waals surface area contributed by atoms with Crippen LogP contribution in [-0.4, -0.2) is 5.78 Å². The third kappa shape index (κ3) is 5.11. The Kier molecular flexibility index (Phi) is 6.88. The van der Waals surface area contributed by atoms with Crippen molar-refractivity contribution in [1.82, 2.24) is 0 Å². The molecule has 0 radical (unpaired) electrons. The highest BCUT2D eigenvalue weighted by atomic mass is 32.2. The Hall–Kier alpha value is -1.78. The van der Waals surface area contributed by atoms with Crippen LogP contribution in [0.5, 0.6) is 0 Å². The van der Waals surface area contributed by atoms with Crippen LogP contribution in [0.4, 0.5) is 5.69 Å². The minimum Gasteiger partial charge on any atom is -0.325 e. The van der Waals surface area contributed by atoms with E-state index in [-0.39, 0.29) is 5.78 Å². The van der Waals surface area contributed by atoms with E-state index in [0.717, 1.165) is 17.7 Å². The number of Topliss-reactive ketones (excluding diaryl/α,β-unsaturated/α-hetero) is 1. The highest BCUT2D eigenvalue weighted by molar-refractivity contribution is 8.02. The Morgan fingerprint density at radius 2 is 1.96 bits per heavy atom. The molecule has 1 aromatic carbocycles. The molecule has 0 amide bonds. The third-order valence-corrected chi connectivity index (χ3v) is 5.84. The summed E-state index contributed by atoms with van der Waals surface area (Å²) in [5, 5.41) is 2.20. The molecule has 0 aliphatic rings. The third-order valence-electron chi connectivity index (χ3n) is 3.58. The van der Waals surface area contributed by atoms with Crippen molar-refractivity contribution in [2.24, 2.45) is 0 Å². The zero-order chi connectivity index (χ0) is 17.5. The minimum absolute atomic E-state index is 0.0900. The van der Waals surface area contributed by atoms with E-state index in [0.29, 0.717) is 0 Å². The second-order valence-electron chi connectivity index (χ2n) is 5.64. The van der Waals surface area contributed by atoms with Crippen LogP contribution in [0.1, 0.15) is 48.7 Å². The lowest BCUT2D eigenvalue weighted by atomic mass is 10.1. The van der Waals surface area contributed by atoms with Gasteiger partial charge in [0.25, 0.3) is 0 Å². The first-order valence-electron chi connectivity index (χ1n) is 7.98. The van der Waals surface area contributed by atoms with Gasteiger partial charge in [-0.25, -0.2) is 0 Å². The number of carbonyl (C=O) groups is 1. The molecule has 2 aromatic rings. The molecule has 0 bridgehead atoms. The normalized spacial score (nSPS) is 11.9. The van der Waals surface area contributed by atoms with Crippen LogP contribution < -0.4 is 4.72 Å². The van der Waals surface area contributed by atoms with E-state index >= 15 is 0 Å². The molecule has 2 nitrogen and oxygen atoms in total. The Morgan fingerprint density at radius 3 is 2.58 bits per heavy atom. The van der Waals surface area contributed by atoms with E-state index in [1.807, 2.05) is 24.3 Å². The summed E-state index contributed by atoms with van der Waals surface area (Å²) in [5.41, 5.74) is 5.57. The summed E-state index contributed by atoms with van der Waals surface area (Å²) in [4.78, 5) is 11.3. The largest absolute Gasteiger partial charge is 0.325 e. The van der Waals surface area contributed by atoms with Gasteiger partial charge in [0.05, 0.1) is 4.21 Å². The Bertz CT molecular complexity index is 754. The van der Waals surface area contributed by atoms with Gasteiger partial charge >= 0.3 is 0 Å². The molecule has 4 heteroatoms. The predicted molar refractivity (Wildman–Crippen MR) is 108 cm³/mol. The number of ketones is 1. The monoisotopic (exact) mass is 357 g/mol. The maximum atomic E-state index is 11.3. The van der Waals surface area contributed by atoms with Crippen molar-refractivity contribution in [2.75, 3.05) is 4.72 Å². The van der Waals surface area contributed by atoms with Gasteiger partial charge in [0, 0.05) is 11.3 Å². The van der Waals surface area contributed by atoms with Gasteiger partial charge in [-0.05, 0) is 79.9 Å². The van der Waals surface area contributed by atoms with E-state index in [1.165, 1.54) is 20.9 Å². The number of allylic oxidation sites excluding steroid dienone is 3. The Morgan fingerprint density at radius 1 is 1.25 bits per heavy atom. The van der Waals surface area contributed by atoms with Crippen LogP contribution >= 0.6 is 23.3 Å². The molecule has 1 aromatic heterocycles. The molecule has 0 saturated carbocycles. The summed E-state index contributed by atoms with van der Waals surface area (Å²) < 4.78 is 4.60. The summed E-state index contributed by atoms with van der Waals surface area (Å²) in [6.07, 6.45) is 7.62. The second kappa shape index (κ2) is 8.90. The predicted octanol–water partition coefficient (Wildman–Crippen LogP) is 6.75. The SMILES string of the molecule is CC/C=C\C(C)=C/c1csc(SNc2ccc(C(C)=O)cc2)c1C. The first kappa shape index (κ1) is 18.6. The zero-order valence-electron chi connectivity index (χ0n) is 14.6. The molecule has 0 saturated heterocycles. The van der Waals surface area contributed by atoms with Crippen LogP contribution in [0.15, 0.2) is 51.6 Å².